The molecule has 1 saturated heterocycles. The van der Waals surface area contributed by atoms with Crippen molar-refractivity contribution in [2.75, 3.05) is 19.6 Å². The van der Waals surface area contributed by atoms with Gasteiger partial charge in [-0.3, -0.25) is 23.7 Å². The first-order valence-corrected chi connectivity index (χ1v) is 20.1. The molecule has 13 heteroatoms. The standard InChI is InChI=1S/C44H58N8O5/c1-30(2)26-37(49-42(55)38(28-32-16-8-4-9-17-32)48-40(53)35(46)27-31-14-6-3-7-15-31)41(54)47-36(20-12-13-23-45)43(56)51-24-21-34(22-25-51)52-29-39(50-44(52)57)33-18-10-5-11-19-33/h3-11,14-19,29-30,34-38H,12-13,20-28,45-46H2,1-2H3,(H,47,54)(H,48,53)(H,49,55)(H,50,57)/t35?,36-,37-,38-/m1/s1. The second-order valence-electron chi connectivity index (χ2n) is 15.4. The summed E-state index contributed by atoms with van der Waals surface area (Å²) in [6, 6.07) is 24.6. The van der Waals surface area contributed by atoms with Gasteiger partial charge in [0.25, 0.3) is 0 Å². The number of rotatable bonds is 19. The Morgan fingerprint density at radius 2 is 1.28 bits per heavy atom. The molecule has 4 aromatic rings. The third kappa shape index (κ3) is 12.5. The number of imidazole rings is 1. The van der Waals surface area contributed by atoms with Gasteiger partial charge in [0.05, 0.1) is 11.7 Å². The molecule has 8 N–H and O–H groups in total. The highest BCUT2D eigenvalue weighted by Crippen LogP contribution is 2.25. The maximum Gasteiger partial charge on any atom is 0.326 e. The smallest absolute Gasteiger partial charge is 0.326 e. The summed E-state index contributed by atoms with van der Waals surface area (Å²) >= 11 is 0. The van der Waals surface area contributed by atoms with E-state index in [0.29, 0.717) is 64.6 Å². The van der Waals surface area contributed by atoms with Gasteiger partial charge in [-0.25, -0.2) is 4.79 Å². The van der Waals surface area contributed by atoms with Crippen molar-refractivity contribution in [3.05, 3.63) is 119 Å². The van der Waals surface area contributed by atoms with Crippen molar-refractivity contribution in [1.29, 1.82) is 0 Å². The number of nitrogens with one attached hydrogen (secondary N) is 4. The monoisotopic (exact) mass is 778 g/mol. The predicted molar refractivity (Wildman–Crippen MR) is 222 cm³/mol. The fourth-order valence-electron chi connectivity index (χ4n) is 7.33. The van der Waals surface area contributed by atoms with Crippen LogP contribution in [-0.2, 0) is 32.0 Å². The van der Waals surface area contributed by atoms with E-state index >= 15 is 0 Å². The lowest BCUT2D eigenvalue weighted by Crippen LogP contribution is -2.59. The number of likely N-dealkylation sites (tertiary alicyclic amines) is 1. The lowest BCUT2D eigenvalue weighted by Gasteiger charge is -2.35. The summed E-state index contributed by atoms with van der Waals surface area (Å²) < 4.78 is 1.72. The quantitative estimate of drug-likeness (QED) is 0.0784. The van der Waals surface area contributed by atoms with E-state index < -0.39 is 41.9 Å². The summed E-state index contributed by atoms with van der Waals surface area (Å²) in [5, 5.41) is 8.73. The second kappa shape index (κ2) is 21.1. The molecule has 304 valence electrons. The molecule has 1 fully saturated rings. The highest BCUT2D eigenvalue weighted by molar-refractivity contribution is 5.95. The van der Waals surface area contributed by atoms with Crippen molar-refractivity contribution >= 4 is 23.6 Å². The van der Waals surface area contributed by atoms with E-state index in [0.717, 1.165) is 22.4 Å². The first kappa shape index (κ1) is 42.6. The van der Waals surface area contributed by atoms with E-state index in [9.17, 15) is 24.0 Å². The number of nitrogens with two attached hydrogens (primary N) is 2. The molecule has 0 radical (unpaired) electrons. The fourth-order valence-corrected chi connectivity index (χ4v) is 7.33. The minimum atomic E-state index is -1.01. The molecule has 0 spiro atoms. The number of H-pyrrole nitrogens is 1. The maximum atomic E-state index is 14.1. The average molecular weight is 779 g/mol. The molecule has 4 atom stereocenters. The van der Waals surface area contributed by atoms with Crippen molar-refractivity contribution in [1.82, 2.24) is 30.4 Å². The van der Waals surface area contributed by atoms with Gasteiger partial charge in [0, 0.05) is 31.7 Å². The number of benzene rings is 3. The Balaban J connectivity index is 1.26. The summed E-state index contributed by atoms with van der Waals surface area (Å²) in [7, 11) is 0. The molecule has 57 heavy (non-hydrogen) atoms. The topological polar surface area (TPSA) is 197 Å². The zero-order chi connectivity index (χ0) is 40.7. The minimum Gasteiger partial charge on any atom is -0.343 e. The zero-order valence-electron chi connectivity index (χ0n) is 33.1. The number of amides is 4. The van der Waals surface area contributed by atoms with Crippen LogP contribution >= 0.6 is 0 Å². The highest BCUT2D eigenvalue weighted by atomic mass is 16.2. The van der Waals surface area contributed by atoms with Crippen molar-refractivity contribution in [3.63, 3.8) is 0 Å². The van der Waals surface area contributed by atoms with E-state index in [1.165, 1.54) is 0 Å². The zero-order valence-corrected chi connectivity index (χ0v) is 33.1. The number of hydrogen-bond acceptors (Lipinski definition) is 7. The van der Waals surface area contributed by atoms with Gasteiger partial charge in [0.1, 0.15) is 18.1 Å². The summed E-state index contributed by atoms with van der Waals surface area (Å²) in [6.45, 7) is 5.19. The molecule has 5 rings (SSSR count). The van der Waals surface area contributed by atoms with Gasteiger partial charge in [0.15, 0.2) is 0 Å². The van der Waals surface area contributed by atoms with Gasteiger partial charge in [-0.15, -0.1) is 0 Å². The molecule has 1 aromatic heterocycles. The van der Waals surface area contributed by atoms with Gasteiger partial charge in [-0.05, 0) is 74.1 Å². The first-order chi connectivity index (χ1) is 27.5. The Morgan fingerprint density at radius 3 is 1.88 bits per heavy atom. The normalized spacial score (nSPS) is 15.4. The van der Waals surface area contributed by atoms with Crippen LogP contribution in [0, 0.1) is 5.92 Å². The fraction of sp³-hybridized carbons (Fsp3) is 0.432. The van der Waals surface area contributed by atoms with Crippen LogP contribution in [0.4, 0.5) is 0 Å². The number of nitrogens with zero attached hydrogens (tertiary/aromatic N) is 2. The molecule has 3 aromatic carbocycles. The summed E-state index contributed by atoms with van der Waals surface area (Å²) in [6.07, 6.45) is 5.48. The third-order valence-corrected chi connectivity index (χ3v) is 10.5. The van der Waals surface area contributed by atoms with Gasteiger partial charge in [0.2, 0.25) is 23.6 Å². The van der Waals surface area contributed by atoms with Crippen molar-refractivity contribution < 1.29 is 19.2 Å². The van der Waals surface area contributed by atoms with E-state index in [2.05, 4.69) is 20.9 Å². The van der Waals surface area contributed by atoms with Gasteiger partial charge < -0.3 is 37.3 Å². The molecule has 4 amide bonds. The van der Waals surface area contributed by atoms with E-state index in [1.807, 2.05) is 111 Å². The molecule has 0 saturated carbocycles. The maximum absolute atomic E-state index is 14.1. The number of hydrogen-bond donors (Lipinski definition) is 6. The van der Waals surface area contributed by atoms with Crippen molar-refractivity contribution in [3.8, 4) is 11.3 Å². The third-order valence-electron chi connectivity index (χ3n) is 10.5. The van der Waals surface area contributed by atoms with Gasteiger partial charge in [-0.1, -0.05) is 105 Å². The number of carbonyl (C=O) groups is 4. The summed E-state index contributed by atoms with van der Waals surface area (Å²) in [5.41, 5.74) is 15.3. The van der Waals surface area contributed by atoms with Crippen molar-refractivity contribution in [2.24, 2.45) is 17.4 Å². The van der Waals surface area contributed by atoms with Crippen LogP contribution in [0.1, 0.15) is 69.5 Å². The Kier molecular flexibility index (Phi) is 15.8. The predicted octanol–water partition coefficient (Wildman–Crippen LogP) is 3.45. The number of aromatic nitrogens is 2. The van der Waals surface area contributed by atoms with Crippen LogP contribution < -0.4 is 33.1 Å². The van der Waals surface area contributed by atoms with Crippen LogP contribution in [0.5, 0.6) is 0 Å². The van der Waals surface area contributed by atoms with E-state index in [1.54, 1.807) is 9.47 Å². The highest BCUT2D eigenvalue weighted by Gasteiger charge is 2.34. The Bertz CT molecular complexity index is 1940. The number of piperidine rings is 1. The number of aromatic amines is 1. The average Bonchev–Trinajstić information content (AvgIpc) is 3.61. The largest absolute Gasteiger partial charge is 0.343 e. The lowest BCUT2D eigenvalue weighted by molar-refractivity contribution is -0.139. The van der Waals surface area contributed by atoms with Gasteiger partial charge >= 0.3 is 5.69 Å². The second-order valence-corrected chi connectivity index (χ2v) is 15.4. The van der Waals surface area contributed by atoms with Crippen LogP contribution in [0.15, 0.2) is 102 Å². The first-order valence-electron chi connectivity index (χ1n) is 20.1. The molecule has 13 nitrogen and oxygen atoms in total. The molecular formula is C44H58N8O5. The van der Waals surface area contributed by atoms with Crippen molar-refractivity contribution in [2.45, 2.75) is 95.4 Å². The SMILES string of the molecule is CC(C)C[C@@H](NC(=O)[C@@H](Cc1ccccc1)NC(=O)C(N)Cc1ccccc1)C(=O)N[C@H](CCCCN)C(=O)N1CCC(n2cc(-c3ccccc3)[nH]c2=O)CC1. The Hall–Kier alpha value is -5.53. The number of carbonyl (C=O) groups excluding carboxylic acids is 4. The minimum absolute atomic E-state index is 0.0205. The van der Waals surface area contributed by atoms with Crippen LogP contribution in [-0.4, -0.2) is 81.9 Å². The van der Waals surface area contributed by atoms with E-state index in [-0.39, 0.29) is 30.0 Å². The van der Waals surface area contributed by atoms with Crippen LogP contribution in [0.25, 0.3) is 11.3 Å². The van der Waals surface area contributed by atoms with Crippen LogP contribution in [0.3, 0.4) is 0 Å². The molecule has 0 aliphatic carbocycles. The molecule has 2 heterocycles. The molecule has 0 bridgehead atoms. The number of unbranched alkanes of at least 4 members (excludes halogenated alkanes) is 1. The summed E-state index contributed by atoms with van der Waals surface area (Å²) in [4.78, 5) is 73.2. The summed E-state index contributed by atoms with van der Waals surface area (Å²) in [5.74, 6) is -1.67. The molecular weight excluding hydrogens is 721 g/mol. The van der Waals surface area contributed by atoms with Gasteiger partial charge in [-0.2, -0.15) is 0 Å². The molecule has 1 aliphatic rings. The molecule has 1 unspecified atom stereocenters. The molecule has 1 aliphatic heterocycles. The van der Waals surface area contributed by atoms with Crippen LogP contribution in [0.2, 0.25) is 0 Å². The Labute approximate surface area is 335 Å². The van der Waals surface area contributed by atoms with E-state index in [4.69, 9.17) is 11.5 Å². The lowest BCUT2D eigenvalue weighted by atomic mass is 9.99. The Morgan fingerprint density at radius 1 is 0.737 bits per heavy atom.